The number of rotatable bonds is 7. The highest BCUT2D eigenvalue weighted by Crippen LogP contribution is 2.23. The zero-order valence-corrected chi connectivity index (χ0v) is 10.8. The van der Waals surface area contributed by atoms with Crippen LogP contribution in [-0.4, -0.2) is 35.1 Å². The van der Waals surface area contributed by atoms with Gasteiger partial charge in [-0.25, -0.2) is 0 Å². The standard InChI is InChI=1S/C12H15NO4S/c1-2-17-10-6-4-3-5-9(10)13-11(14)7-18-8-12(15)16/h3-6H,2,7-8H2,1H3,(H,13,14)(H,15,16). The van der Waals surface area contributed by atoms with Crippen molar-refractivity contribution in [3.05, 3.63) is 24.3 Å². The van der Waals surface area contributed by atoms with Crippen LogP contribution >= 0.6 is 11.8 Å². The predicted molar refractivity (Wildman–Crippen MR) is 71.2 cm³/mol. The molecule has 0 atom stereocenters. The lowest BCUT2D eigenvalue weighted by atomic mass is 10.3. The molecule has 0 spiro atoms. The first-order valence-electron chi connectivity index (χ1n) is 5.44. The van der Waals surface area contributed by atoms with Crippen molar-refractivity contribution in [2.24, 2.45) is 0 Å². The fraction of sp³-hybridized carbons (Fsp3) is 0.333. The van der Waals surface area contributed by atoms with E-state index < -0.39 is 5.97 Å². The van der Waals surface area contributed by atoms with Crippen molar-refractivity contribution in [1.82, 2.24) is 0 Å². The molecule has 1 aromatic carbocycles. The molecule has 0 heterocycles. The number of thioether (sulfide) groups is 1. The zero-order valence-electron chi connectivity index (χ0n) is 10.0. The number of anilines is 1. The lowest BCUT2D eigenvalue weighted by Gasteiger charge is -2.10. The molecule has 0 aromatic heterocycles. The van der Waals surface area contributed by atoms with Crippen molar-refractivity contribution < 1.29 is 19.4 Å². The van der Waals surface area contributed by atoms with Gasteiger partial charge in [-0.1, -0.05) is 12.1 Å². The second-order valence-electron chi connectivity index (χ2n) is 3.36. The Kier molecular flexibility index (Phi) is 6.07. The molecule has 0 bridgehead atoms. The van der Waals surface area contributed by atoms with Crippen molar-refractivity contribution in [2.45, 2.75) is 6.92 Å². The molecule has 0 aliphatic heterocycles. The average Bonchev–Trinajstić information content (AvgIpc) is 2.31. The Labute approximate surface area is 110 Å². The number of amides is 1. The van der Waals surface area contributed by atoms with Gasteiger partial charge in [-0.3, -0.25) is 9.59 Å². The van der Waals surface area contributed by atoms with Gasteiger partial charge in [0.15, 0.2) is 0 Å². The highest BCUT2D eigenvalue weighted by atomic mass is 32.2. The molecule has 0 saturated heterocycles. The summed E-state index contributed by atoms with van der Waals surface area (Å²) in [6.07, 6.45) is 0. The summed E-state index contributed by atoms with van der Waals surface area (Å²) in [6, 6.07) is 7.12. The average molecular weight is 269 g/mol. The topological polar surface area (TPSA) is 75.6 Å². The molecule has 1 amide bonds. The van der Waals surface area contributed by atoms with E-state index in [0.717, 1.165) is 11.8 Å². The third kappa shape index (κ3) is 5.09. The van der Waals surface area contributed by atoms with Crippen molar-refractivity contribution in [3.8, 4) is 5.75 Å². The first-order valence-corrected chi connectivity index (χ1v) is 6.60. The van der Waals surface area contributed by atoms with Crippen molar-refractivity contribution in [3.63, 3.8) is 0 Å². The van der Waals surface area contributed by atoms with Crippen LogP contribution in [0, 0.1) is 0 Å². The summed E-state index contributed by atoms with van der Waals surface area (Å²) in [7, 11) is 0. The predicted octanol–water partition coefficient (Wildman–Crippen LogP) is 1.84. The van der Waals surface area contributed by atoms with E-state index in [4.69, 9.17) is 9.84 Å². The Hall–Kier alpha value is -1.69. The van der Waals surface area contributed by atoms with E-state index in [2.05, 4.69) is 5.32 Å². The van der Waals surface area contributed by atoms with Crippen LogP contribution in [0.3, 0.4) is 0 Å². The van der Waals surface area contributed by atoms with E-state index in [1.807, 2.05) is 13.0 Å². The maximum absolute atomic E-state index is 11.6. The van der Waals surface area contributed by atoms with Gasteiger partial charge >= 0.3 is 5.97 Å². The Bertz CT molecular complexity index is 422. The van der Waals surface area contributed by atoms with Gasteiger partial charge in [0.2, 0.25) is 5.91 Å². The van der Waals surface area contributed by atoms with E-state index in [9.17, 15) is 9.59 Å². The van der Waals surface area contributed by atoms with Crippen molar-refractivity contribution >= 4 is 29.3 Å². The van der Waals surface area contributed by atoms with Crippen molar-refractivity contribution in [1.29, 1.82) is 0 Å². The lowest BCUT2D eigenvalue weighted by molar-refractivity contribution is -0.133. The molecule has 1 rings (SSSR count). The Balaban J connectivity index is 2.50. The molecule has 1 aromatic rings. The fourth-order valence-corrected chi connectivity index (χ4v) is 1.80. The van der Waals surface area contributed by atoms with Gasteiger partial charge in [0.05, 0.1) is 23.8 Å². The molecule has 6 heteroatoms. The van der Waals surface area contributed by atoms with E-state index >= 15 is 0 Å². The zero-order chi connectivity index (χ0) is 13.4. The van der Waals surface area contributed by atoms with Crippen LogP contribution in [0.4, 0.5) is 5.69 Å². The second kappa shape index (κ2) is 7.60. The third-order valence-corrected chi connectivity index (χ3v) is 2.84. The molecule has 0 aliphatic carbocycles. The molecule has 0 saturated carbocycles. The number of benzene rings is 1. The SMILES string of the molecule is CCOc1ccccc1NC(=O)CSCC(=O)O. The number of hydrogen-bond donors (Lipinski definition) is 2. The number of nitrogens with one attached hydrogen (secondary N) is 1. The van der Waals surface area contributed by atoms with E-state index in [1.54, 1.807) is 18.2 Å². The number of para-hydroxylation sites is 2. The van der Waals surface area contributed by atoms with Crippen LogP contribution in [0.1, 0.15) is 6.92 Å². The summed E-state index contributed by atoms with van der Waals surface area (Å²) < 4.78 is 5.36. The molecular weight excluding hydrogens is 254 g/mol. The first-order chi connectivity index (χ1) is 8.63. The smallest absolute Gasteiger partial charge is 0.313 e. The molecule has 98 valence electrons. The van der Waals surface area contributed by atoms with Gasteiger partial charge in [0, 0.05) is 0 Å². The third-order valence-electron chi connectivity index (χ3n) is 1.92. The summed E-state index contributed by atoms with van der Waals surface area (Å²) in [4.78, 5) is 21.9. The monoisotopic (exact) mass is 269 g/mol. The Morgan fingerprint density at radius 3 is 2.72 bits per heavy atom. The summed E-state index contributed by atoms with van der Waals surface area (Å²) in [6.45, 7) is 2.38. The number of carbonyl (C=O) groups excluding carboxylic acids is 1. The number of carboxylic acids is 1. The summed E-state index contributed by atoms with van der Waals surface area (Å²) in [5.41, 5.74) is 0.597. The molecule has 5 nitrogen and oxygen atoms in total. The van der Waals surface area contributed by atoms with Crippen LogP contribution in [-0.2, 0) is 9.59 Å². The minimum atomic E-state index is -0.928. The largest absolute Gasteiger partial charge is 0.492 e. The van der Waals surface area contributed by atoms with Crippen LogP contribution < -0.4 is 10.1 Å². The first kappa shape index (κ1) is 14.4. The van der Waals surface area contributed by atoms with Gasteiger partial charge in [0.25, 0.3) is 0 Å². The molecule has 18 heavy (non-hydrogen) atoms. The maximum Gasteiger partial charge on any atom is 0.313 e. The van der Waals surface area contributed by atoms with Gasteiger partial charge in [-0.2, -0.15) is 0 Å². The van der Waals surface area contributed by atoms with Crippen LogP contribution in [0.15, 0.2) is 24.3 Å². The van der Waals surface area contributed by atoms with Gasteiger partial charge in [0.1, 0.15) is 5.75 Å². The maximum atomic E-state index is 11.6. The van der Waals surface area contributed by atoms with Crippen LogP contribution in [0.2, 0.25) is 0 Å². The van der Waals surface area contributed by atoms with E-state index in [1.165, 1.54) is 0 Å². The molecular formula is C12H15NO4S. The number of aliphatic carboxylic acids is 1. The van der Waals surface area contributed by atoms with Crippen molar-refractivity contribution in [2.75, 3.05) is 23.4 Å². The second-order valence-corrected chi connectivity index (χ2v) is 4.35. The molecule has 2 N–H and O–H groups in total. The van der Waals surface area contributed by atoms with E-state index in [-0.39, 0.29) is 17.4 Å². The van der Waals surface area contributed by atoms with Gasteiger partial charge in [-0.15, -0.1) is 11.8 Å². The van der Waals surface area contributed by atoms with Gasteiger partial charge < -0.3 is 15.2 Å². The Morgan fingerprint density at radius 1 is 1.33 bits per heavy atom. The summed E-state index contributed by atoms with van der Waals surface area (Å²) >= 11 is 1.06. The minimum Gasteiger partial charge on any atom is -0.492 e. The van der Waals surface area contributed by atoms with Crippen LogP contribution in [0.5, 0.6) is 5.75 Å². The summed E-state index contributed by atoms with van der Waals surface area (Å²) in [5.74, 6) is -0.541. The number of ether oxygens (including phenoxy) is 1. The minimum absolute atomic E-state index is 0.0828. The summed E-state index contributed by atoms with van der Waals surface area (Å²) in [5, 5.41) is 11.1. The van der Waals surface area contributed by atoms with E-state index in [0.29, 0.717) is 18.0 Å². The normalized spacial score (nSPS) is 9.83. The fourth-order valence-electron chi connectivity index (χ4n) is 1.27. The lowest BCUT2D eigenvalue weighted by Crippen LogP contribution is -2.16. The molecule has 0 aliphatic rings. The highest BCUT2D eigenvalue weighted by molar-refractivity contribution is 8.00. The number of carbonyl (C=O) groups is 2. The molecule has 0 fully saturated rings. The number of carboxylic acid groups (broad SMARTS) is 1. The quantitative estimate of drug-likeness (QED) is 0.790. The van der Waals surface area contributed by atoms with Gasteiger partial charge in [-0.05, 0) is 19.1 Å². The van der Waals surface area contributed by atoms with Crippen LogP contribution in [0.25, 0.3) is 0 Å². The highest BCUT2D eigenvalue weighted by Gasteiger charge is 2.08. The number of hydrogen-bond acceptors (Lipinski definition) is 4. The molecule has 0 unspecified atom stereocenters. The molecule has 0 radical (unpaired) electrons. The Morgan fingerprint density at radius 2 is 2.06 bits per heavy atom.